The van der Waals surface area contributed by atoms with Gasteiger partial charge < -0.3 is 9.64 Å². The predicted molar refractivity (Wildman–Crippen MR) is 67.2 cm³/mol. The Morgan fingerprint density at radius 2 is 2.00 bits per heavy atom. The van der Waals surface area contributed by atoms with E-state index in [1.807, 2.05) is 0 Å². The van der Waals surface area contributed by atoms with Crippen LogP contribution in [0.1, 0.15) is 18.9 Å². The van der Waals surface area contributed by atoms with Gasteiger partial charge in [0.2, 0.25) is 5.91 Å². The van der Waals surface area contributed by atoms with E-state index < -0.39 is 6.36 Å². The maximum Gasteiger partial charge on any atom is 0.573 e. The number of halogens is 3. The monoisotopic (exact) mass is 287 g/mol. The highest BCUT2D eigenvalue weighted by Gasteiger charge is 2.31. The number of carbonyl (C=O) groups excluding carboxylic acids is 1. The van der Waals surface area contributed by atoms with Crippen molar-refractivity contribution < 1.29 is 22.7 Å². The third-order valence-corrected chi connectivity index (χ3v) is 3.29. The molecule has 0 spiro atoms. The Bertz CT molecular complexity index is 470. The van der Waals surface area contributed by atoms with Gasteiger partial charge in [0.1, 0.15) is 5.75 Å². The molecule has 0 saturated carbocycles. The molecule has 0 aromatic heterocycles. The van der Waals surface area contributed by atoms with Crippen LogP contribution in [0.5, 0.6) is 5.75 Å². The second-order valence-electron chi connectivity index (χ2n) is 5.10. The van der Waals surface area contributed by atoms with Crippen LogP contribution in [0.15, 0.2) is 24.3 Å². The Hall–Kier alpha value is -1.72. The summed E-state index contributed by atoms with van der Waals surface area (Å²) in [5, 5.41) is 0. The van der Waals surface area contributed by atoms with Gasteiger partial charge in [-0.15, -0.1) is 13.2 Å². The van der Waals surface area contributed by atoms with E-state index in [-0.39, 0.29) is 18.1 Å². The first-order valence-corrected chi connectivity index (χ1v) is 6.46. The molecule has 0 aliphatic carbocycles. The molecule has 1 saturated heterocycles. The zero-order valence-electron chi connectivity index (χ0n) is 11.1. The Morgan fingerprint density at radius 1 is 1.35 bits per heavy atom. The Morgan fingerprint density at radius 3 is 2.50 bits per heavy atom. The van der Waals surface area contributed by atoms with E-state index >= 15 is 0 Å². The van der Waals surface area contributed by atoms with Crippen molar-refractivity contribution >= 4 is 5.91 Å². The summed E-state index contributed by atoms with van der Waals surface area (Å²) in [6.07, 6.45) is -3.48. The fraction of sp³-hybridized carbons (Fsp3) is 0.500. The van der Waals surface area contributed by atoms with E-state index in [0.717, 1.165) is 19.5 Å². The van der Waals surface area contributed by atoms with Crippen LogP contribution >= 0.6 is 0 Å². The fourth-order valence-corrected chi connectivity index (χ4v) is 2.26. The van der Waals surface area contributed by atoms with Crippen molar-refractivity contribution in [2.24, 2.45) is 5.92 Å². The molecular weight excluding hydrogens is 271 g/mol. The van der Waals surface area contributed by atoms with Gasteiger partial charge in [-0.2, -0.15) is 0 Å². The summed E-state index contributed by atoms with van der Waals surface area (Å²) in [6.45, 7) is 3.61. The summed E-state index contributed by atoms with van der Waals surface area (Å²) in [4.78, 5) is 13.8. The Kier molecular flexibility index (Phi) is 4.20. The molecule has 1 atom stereocenters. The standard InChI is InChI=1S/C14H16F3NO2/c1-10-6-7-18(9-10)13(19)8-11-2-4-12(5-3-11)20-14(15,16)17/h2-5,10H,6-9H2,1H3. The van der Waals surface area contributed by atoms with Gasteiger partial charge in [0, 0.05) is 13.1 Å². The SMILES string of the molecule is CC1CCN(C(=O)Cc2ccc(OC(F)(F)F)cc2)C1. The highest BCUT2D eigenvalue weighted by molar-refractivity contribution is 5.79. The molecule has 1 fully saturated rings. The molecule has 6 heteroatoms. The van der Waals surface area contributed by atoms with E-state index in [9.17, 15) is 18.0 Å². The molecule has 0 radical (unpaired) electrons. The van der Waals surface area contributed by atoms with Crippen molar-refractivity contribution in [3.63, 3.8) is 0 Å². The third kappa shape index (κ3) is 4.15. The summed E-state index contributed by atoms with van der Waals surface area (Å²) >= 11 is 0. The molecule has 0 N–H and O–H groups in total. The van der Waals surface area contributed by atoms with E-state index in [4.69, 9.17) is 0 Å². The zero-order valence-corrected chi connectivity index (χ0v) is 11.1. The molecule has 0 bridgehead atoms. The predicted octanol–water partition coefficient (Wildman–Crippen LogP) is 3.00. The first-order chi connectivity index (χ1) is 9.33. The third-order valence-electron chi connectivity index (χ3n) is 3.29. The number of nitrogens with zero attached hydrogens (tertiary/aromatic N) is 1. The van der Waals surface area contributed by atoms with Gasteiger partial charge in [-0.3, -0.25) is 4.79 Å². The Balaban J connectivity index is 1.92. The van der Waals surface area contributed by atoms with Crippen LogP contribution in [0.3, 0.4) is 0 Å². The number of amides is 1. The average molecular weight is 287 g/mol. The largest absolute Gasteiger partial charge is 0.573 e. The van der Waals surface area contributed by atoms with E-state index in [0.29, 0.717) is 11.5 Å². The van der Waals surface area contributed by atoms with E-state index in [1.54, 1.807) is 4.90 Å². The lowest BCUT2D eigenvalue weighted by Crippen LogP contribution is -2.29. The van der Waals surface area contributed by atoms with Crippen LogP contribution in [-0.2, 0) is 11.2 Å². The van der Waals surface area contributed by atoms with Gasteiger partial charge in [-0.1, -0.05) is 19.1 Å². The molecule has 1 aliphatic heterocycles. The van der Waals surface area contributed by atoms with E-state index in [1.165, 1.54) is 24.3 Å². The number of carbonyl (C=O) groups is 1. The lowest BCUT2D eigenvalue weighted by molar-refractivity contribution is -0.274. The van der Waals surface area contributed by atoms with Gasteiger partial charge in [-0.25, -0.2) is 0 Å². The van der Waals surface area contributed by atoms with Gasteiger partial charge in [-0.05, 0) is 30.0 Å². The van der Waals surface area contributed by atoms with Gasteiger partial charge in [0.05, 0.1) is 6.42 Å². The first-order valence-electron chi connectivity index (χ1n) is 6.46. The molecule has 1 amide bonds. The second kappa shape index (κ2) is 5.73. The van der Waals surface area contributed by atoms with Crippen LogP contribution in [0.4, 0.5) is 13.2 Å². The van der Waals surface area contributed by atoms with Crippen LogP contribution in [0.25, 0.3) is 0 Å². The van der Waals surface area contributed by atoms with Crippen molar-refractivity contribution in [2.45, 2.75) is 26.1 Å². The molecule has 1 aromatic rings. The molecule has 3 nitrogen and oxygen atoms in total. The van der Waals surface area contributed by atoms with Gasteiger partial charge in [0.25, 0.3) is 0 Å². The second-order valence-corrected chi connectivity index (χ2v) is 5.10. The lowest BCUT2D eigenvalue weighted by Gasteiger charge is -2.16. The number of hydrogen-bond donors (Lipinski definition) is 0. The number of rotatable bonds is 3. The molecule has 1 unspecified atom stereocenters. The smallest absolute Gasteiger partial charge is 0.406 e. The number of ether oxygens (including phenoxy) is 1. The number of benzene rings is 1. The first kappa shape index (κ1) is 14.7. The van der Waals surface area contributed by atoms with Gasteiger partial charge in [0.15, 0.2) is 0 Å². The molecule has 110 valence electrons. The van der Waals surface area contributed by atoms with Crippen LogP contribution in [0.2, 0.25) is 0 Å². The zero-order chi connectivity index (χ0) is 14.8. The number of hydrogen-bond acceptors (Lipinski definition) is 2. The maximum absolute atomic E-state index is 12.0. The Labute approximate surface area is 115 Å². The molecule has 1 aromatic carbocycles. The topological polar surface area (TPSA) is 29.5 Å². The molecule has 20 heavy (non-hydrogen) atoms. The minimum absolute atomic E-state index is 0.0128. The van der Waals surface area contributed by atoms with Crippen molar-refractivity contribution in [1.82, 2.24) is 4.90 Å². The summed E-state index contributed by atoms with van der Waals surface area (Å²) in [5.41, 5.74) is 0.684. The maximum atomic E-state index is 12.0. The van der Waals surface area contributed by atoms with Crippen LogP contribution in [0, 0.1) is 5.92 Å². The summed E-state index contributed by atoms with van der Waals surface area (Å²) in [5.74, 6) is 0.254. The lowest BCUT2D eigenvalue weighted by atomic mass is 10.1. The van der Waals surface area contributed by atoms with Crippen molar-refractivity contribution in [2.75, 3.05) is 13.1 Å². The minimum Gasteiger partial charge on any atom is -0.406 e. The quantitative estimate of drug-likeness (QED) is 0.855. The summed E-state index contributed by atoms with van der Waals surface area (Å²) in [6, 6.07) is 5.42. The van der Waals surface area contributed by atoms with Crippen molar-refractivity contribution in [3.05, 3.63) is 29.8 Å². The summed E-state index contributed by atoms with van der Waals surface area (Å²) in [7, 11) is 0. The van der Waals surface area contributed by atoms with E-state index in [2.05, 4.69) is 11.7 Å². The molecule has 1 heterocycles. The molecule has 1 aliphatic rings. The van der Waals surface area contributed by atoms with Crippen molar-refractivity contribution in [1.29, 1.82) is 0 Å². The normalized spacial score (nSPS) is 19.2. The molecular formula is C14H16F3NO2. The molecule has 2 rings (SSSR count). The number of likely N-dealkylation sites (tertiary alicyclic amines) is 1. The minimum atomic E-state index is -4.69. The van der Waals surface area contributed by atoms with Crippen LogP contribution < -0.4 is 4.74 Å². The highest BCUT2D eigenvalue weighted by atomic mass is 19.4. The van der Waals surface area contributed by atoms with Gasteiger partial charge >= 0.3 is 6.36 Å². The summed E-state index contributed by atoms with van der Waals surface area (Å²) < 4.78 is 39.8. The number of alkyl halides is 3. The highest BCUT2D eigenvalue weighted by Crippen LogP contribution is 2.23. The van der Waals surface area contributed by atoms with Crippen molar-refractivity contribution in [3.8, 4) is 5.75 Å². The fourth-order valence-electron chi connectivity index (χ4n) is 2.26. The average Bonchev–Trinajstić information content (AvgIpc) is 2.77. The van der Waals surface area contributed by atoms with Crippen LogP contribution in [-0.4, -0.2) is 30.3 Å².